The molecular weight excluding hydrogens is 287 g/mol. The lowest BCUT2D eigenvalue weighted by atomic mass is 10.1. The number of alkyl halides is 3. The highest BCUT2D eigenvalue weighted by Gasteiger charge is 2.38. The van der Waals surface area contributed by atoms with E-state index in [4.69, 9.17) is 0 Å². The van der Waals surface area contributed by atoms with Crippen molar-refractivity contribution in [3.05, 3.63) is 34.3 Å². The van der Waals surface area contributed by atoms with Gasteiger partial charge in [-0.1, -0.05) is 34.1 Å². The van der Waals surface area contributed by atoms with E-state index in [0.717, 1.165) is 10.0 Å². The minimum atomic E-state index is -4.81. The van der Waals surface area contributed by atoms with E-state index < -0.39 is 12.1 Å². The molecule has 0 aliphatic carbocycles. The molecule has 0 spiro atoms. The number of carbonyl (C=O) groups excluding carboxylic acids is 1. The molecule has 1 rings (SSSR count). The molecule has 0 saturated heterocycles. The lowest BCUT2D eigenvalue weighted by Crippen LogP contribution is -2.37. The van der Waals surface area contributed by atoms with Gasteiger partial charge in [0.2, 0.25) is 0 Å². The fourth-order valence-electron chi connectivity index (χ4n) is 1.11. The number of nitrogens with one attached hydrogen (secondary N) is 1. The van der Waals surface area contributed by atoms with Crippen LogP contribution in [0.1, 0.15) is 5.56 Å². The lowest BCUT2D eigenvalue weighted by Gasteiger charge is -2.08. The van der Waals surface area contributed by atoms with Gasteiger partial charge in [-0.15, -0.1) is 0 Å². The van der Waals surface area contributed by atoms with Gasteiger partial charge in [0.25, 0.3) is 0 Å². The van der Waals surface area contributed by atoms with Crippen LogP contribution in [-0.4, -0.2) is 18.6 Å². The summed E-state index contributed by atoms with van der Waals surface area (Å²) in [6, 6.07) is 7.16. The molecule has 0 aromatic heterocycles. The Balaban J connectivity index is 2.43. The van der Waals surface area contributed by atoms with E-state index in [1.807, 2.05) is 11.4 Å². The molecular formula is C10H9BrF3NO. The van der Waals surface area contributed by atoms with E-state index in [-0.39, 0.29) is 6.54 Å². The van der Waals surface area contributed by atoms with E-state index in [9.17, 15) is 18.0 Å². The Kier molecular flexibility index (Phi) is 4.35. The fourth-order valence-corrected chi connectivity index (χ4v) is 1.60. The summed E-state index contributed by atoms with van der Waals surface area (Å²) in [5.41, 5.74) is 0.852. The first-order valence-electron chi connectivity index (χ1n) is 4.49. The second kappa shape index (κ2) is 5.34. The first kappa shape index (κ1) is 13.0. The van der Waals surface area contributed by atoms with E-state index in [1.54, 1.807) is 18.2 Å². The quantitative estimate of drug-likeness (QED) is 0.913. The molecule has 2 nitrogen and oxygen atoms in total. The molecule has 0 aliphatic rings. The SMILES string of the molecule is O=C(NCCc1ccccc1Br)C(F)(F)F. The molecule has 0 unspecified atom stereocenters. The van der Waals surface area contributed by atoms with Gasteiger partial charge in [0.15, 0.2) is 0 Å². The summed E-state index contributed by atoms with van der Waals surface area (Å²) in [6.07, 6.45) is -4.46. The third kappa shape index (κ3) is 3.84. The molecule has 0 aliphatic heterocycles. The normalized spacial score (nSPS) is 11.2. The molecule has 0 atom stereocenters. The fraction of sp³-hybridized carbons (Fsp3) is 0.300. The largest absolute Gasteiger partial charge is 0.471 e. The first-order valence-corrected chi connectivity index (χ1v) is 5.29. The van der Waals surface area contributed by atoms with Crippen LogP contribution in [-0.2, 0) is 11.2 Å². The Labute approximate surface area is 99.0 Å². The molecule has 1 amide bonds. The maximum absolute atomic E-state index is 11.8. The van der Waals surface area contributed by atoms with Gasteiger partial charge in [0, 0.05) is 11.0 Å². The number of hydrogen-bond donors (Lipinski definition) is 1. The van der Waals surface area contributed by atoms with Crippen LogP contribution < -0.4 is 5.32 Å². The number of benzene rings is 1. The van der Waals surface area contributed by atoms with Crippen molar-refractivity contribution in [2.24, 2.45) is 0 Å². The van der Waals surface area contributed by atoms with Crippen molar-refractivity contribution in [1.29, 1.82) is 0 Å². The van der Waals surface area contributed by atoms with Crippen molar-refractivity contribution in [2.45, 2.75) is 12.6 Å². The van der Waals surface area contributed by atoms with Gasteiger partial charge in [-0.05, 0) is 18.1 Å². The van der Waals surface area contributed by atoms with E-state index in [2.05, 4.69) is 15.9 Å². The average molecular weight is 296 g/mol. The molecule has 1 N–H and O–H groups in total. The molecule has 1 aromatic rings. The first-order chi connectivity index (χ1) is 7.41. The standard InChI is InChI=1S/C10H9BrF3NO/c11-8-4-2-1-3-7(8)5-6-15-9(16)10(12,13)14/h1-4H,5-6H2,(H,15,16). The van der Waals surface area contributed by atoms with Crippen LogP contribution in [0.4, 0.5) is 13.2 Å². The van der Waals surface area contributed by atoms with Crippen molar-refractivity contribution in [2.75, 3.05) is 6.54 Å². The predicted molar refractivity (Wildman–Crippen MR) is 56.9 cm³/mol. The number of carbonyl (C=O) groups is 1. The smallest absolute Gasteiger partial charge is 0.348 e. The number of halogens is 4. The zero-order valence-corrected chi connectivity index (χ0v) is 9.73. The molecule has 0 saturated carbocycles. The monoisotopic (exact) mass is 295 g/mol. The topological polar surface area (TPSA) is 29.1 Å². The summed E-state index contributed by atoms with van der Waals surface area (Å²) < 4.78 is 36.3. The van der Waals surface area contributed by atoms with Gasteiger partial charge in [-0.25, -0.2) is 0 Å². The third-order valence-corrected chi connectivity index (χ3v) is 2.67. The highest BCUT2D eigenvalue weighted by molar-refractivity contribution is 9.10. The summed E-state index contributed by atoms with van der Waals surface area (Å²) in [5.74, 6) is -1.90. The van der Waals surface area contributed by atoms with Crippen LogP contribution in [0.25, 0.3) is 0 Å². The Bertz CT molecular complexity index is 379. The summed E-state index contributed by atoms with van der Waals surface area (Å²) >= 11 is 3.27. The van der Waals surface area contributed by atoms with Gasteiger partial charge in [0.1, 0.15) is 0 Å². The summed E-state index contributed by atoms with van der Waals surface area (Å²) in [5, 5.41) is 1.81. The maximum Gasteiger partial charge on any atom is 0.471 e. The second-order valence-corrected chi connectivity index (χ2v) is 3.95. The zero-order chi connectivity index (χ0) is 12.2. The van der Waals surface area contributed by atoms with Crippen LogP contribution >= 0.6 is 15.9 Å². The van der Waals surface area contributed by atoms with Gasteiger partial charge >= 0.3 is 12.1 Å². The van der Waals surface area contributed by atoms with Crippen molar-refractivity contribution >= 4 is 21.8 Å². The van der Waals surface area contributed by atoms with Gasteiger partial charge < -0.3 is 5.32 Å². The second-order valence-electron chi connectivity index (χ2n) is 3.10. The van der Waals surface area contributed by atoms with Crippen molar-refractivity contribution in [3.63, 3.8) is 0 Å². The van der Waals surface area contributed by atoms with Crippen LogP contribution in [0.3, 0.4) is 0 Å². The average Bonchev–Trinajstić information content (AvgIpc) is 2.19. The van der Waals surface area contributed by atoms with Crippen molar-refractivity contribution in [1.82, 2.24) is 5.32 Å². The van der Waals surface area contributed by atoms with Crippen molar-refractivity contribution < 1.29 is 18.0 Å². The molecule has 1 aromatic carbocycles. The number of rotatable bonds is 3. The van der Waals surface area contributed by atoms with E-state index in [1.165, 1.54) is 0 Å². The molecule has 16 heavy (non-hydrogen) atoms. The number of hydrogen-bond acceptors (Lipinski definition) is 1. The summed E-state index contributed by atoms with van der Waals surface area (Å²) in [7, 11) is 0. The third-order valence-electron chi connectivity index (χ3n) is 1.90. The van der Waals surface area contributed by atoms with Gasteiger partial charge in [0.05, 0.1) is 0 Å². The molecule has 6 heteroatoms. The molecule has 0 bridgehead atoms. The Morgan fingerprint density at radius 2 is 1.94 bits per heavy atom. The molecule has 88 valence electrons. The summed E-state index contributed by atoms with van der Waals surface area (Å²) in [4.78, 5) is 10.5. The van der Waals surface area contributed by atoms with Crippen molar-refractivity contribution in [3.8, 4) is 0 Å². The Morgan fingerprint density at radius 3 is 2.50 bits per heavy atom. The van der Waals surface area contributed by atoms with E-state index in [0.29, 0.717) is 6.42 Å². The van der Waals surface area contributed by atoms with Crippen LogP contribution in [0.5, 0.6) is 0 Å². The Morgan fingerprint density at radius 1 is 1.31 bits per heavy atom. The maximum atomic E-state index is 11.8. The van der Waals surface area contributed by atoms with Gasteiger partial charge in [-0.3, -0.25) is 4.79 Å². The molecule has 0 radical (unpaired) electrons. The zero-order valence-electron chi connectivity index (χ0n) is 8.14. The Hall–Kier alpha value is -1.04. The molecule has 0 heterocycles. The molecule has 0 fully saturated rings. The predicted octanol–water partition coefficient (Wildman–Crippen LogP) is 2.67. The number of amides is 1. The van der Waals surface area contributed by atoms with E-state index >= 15 is 0 Å². The van der Waals surface area contributed by atoms with Crippen LogP contribution in [0, 0.1) is 0 Å². The van der Waals surface area contributed by atoms with Crippen LogP contribution in [0.15, 0.2) is 28.7 Å². The summed E-state index contributed by atoms with van der Waals surface area (Å²) in [6.45, 7) is -0.0407. The minimum absolute atomic E-state index is 0.0407. The van der Waals surface area contributed by atoms with Crippen LogP contribution in [0.2, 0.25) is 0 Å². The minimum Gasteiger partial charge on any atom is -0.348 e. The van der Waals surface area contributed by atoms with Gasteiger partial charge in [-0.2, -0.15) is 13.2 Å². The highest BCUT2D eigenvalue weighted by Crippen LogP contribution is 2.17. The lowest BCUT2D eigenvalue weighted by molar-refractivity contribution is -0.173. The highest BCUT2D eigenvalue weighted by atomic mass is 79.9.